The summed E-state index contributed by atoms with van der Waals surface area (Å²) < 4.78 is 0. The van der Waals surface area contributed by atoms with Gasteiger partial charge in [0.15, 0.2) is 0 Å². The van der Waals surface area contributed by atoms with Gasteiger partial charge >= 0.3 is 6.09 Å². The Kier molecular flexibility index (Phi) is 1.98. The molecule has 0 aromatic rings. The van der Waals surface area contributed by atoms with Gasteiger partial charge in [0.25, 0.3) is 0 Å². The average molecular weight is 158 g/mol. The Morgan fingerprint density at radius 3 is 2.82 bits per heavy atom. The highest BCUT2D eigenvalue weighted by Gasteiger charge is 2.29. The monoisotopic (exact) mass is 158 g/mol. The lowest BCUT2D eigenvalue weighted by Crippen LogP contribution is -2.39. The van der Waals surface area contributed by atoms with Crippen LogP contribution in [0.5, 0.6) is 0 Å². The lowest BCUT2D eigenvalue weighted by atomic mass is 10.2. The minimum Gasteiger partial charge on any atom is -0.465 e. The third-order valence-electron chi connectivity index (χ3n) is 1.73. The molecule has 1 saturated heterocycles. The first-order valence-corrected chi connectivity index (χ1v) is 3.35. The summed E-state index contributed by atoms with van der Waals surface area (Å²) >= 11 is 0. The standard InChI is InChI=1S/C6H10N2O3/c1-8-3-2-4(5(8)9)7-6(10)11/h4,7H,2-3H2,1H3,(H,10,11)/t4-/m1/s1. The van der Waals surface area contributed by atoms with Gasteiger partial charge < -0.3 is 15.3 Å². The number of hydrogen-bond acceptors (Lipinski definition) is 2. The van der Waals surface area contributed by atoms with Crippen molar-refractivity contribution >= 4 is 12.0 Å². The molecule has 5 nitrogen and oxygen atoms in total. The molecule has 1 fully saturated rings. The molecule has 0 saturated carbocycles. The van der Waals surface area contributed by atoms with Crippen molar-refractivity contribution in [2.75, 3.05) is 13.6 Å². The summed E-state index contributed by atoms with van der Waals surface area (Å²) in [6.45, 7) is 0.629. The lowest BCUT2D eigenvalue weighted by Gasteiger charge is -2.09. The van der Waals surface area contributed by atoms with Crippen LogP contribution in [0.3, 0.4) is 0 Å². The number of carbonyl (C=O) groups is 2. The van der Waals surface area contributed by atoms with Gasteiger partial charge in [-0.05, 0) is 6.42 Å². The first-order valence-electron chi connectivity index (χ1n) is 3.35. The zero-order valence-corrected chi connectivity index (χ0v) is 6.20. The zero-order valence-electron chi connectivity index (χ0n) is 6.20. The molecule has 0 aromatic heterocycles. The molecule has 5 heteroatoms. The SMILES string of the molecule is CN1CC[C@@H](NC(=O)O)C1=O. The molecule has 0 radical (unpaired) electrons. The van der Waals surface area contributed by atoms with Crippen LogP contribution < -0.4 is 5.32 Å². The van der Waals surface area contributed by atoms with Crippen molar-refractivity contribution in [2.45, 2.75) is 12.5 Å². The quantitative estimate of drug-likeness (QED) is 0.539. The van der Waals surface area contributed by atoms with Crippen molar-refractivity contribution in [3.63, 3.8) is 0 Å². The maximum absolute atomic E-state index is 11.0. The molecular formula is C6H10N2O3. The molecule has 62 valence electrons. The number of nitrogens with one attached hydrogen (secondary N) is 1. The highest BCUT2D eigenvalue weighted by molar-refractivity contribution is 5.86. The van der Waals surface area contributed by atoms with E-state index < -0.39 is 12.1 Å². The van der Waals surface area contributed by atoms with Crippen LogP contribution in [-0.4, -0.2) is 41.6 Å². The van der Waals surface area contributed by atoms with Crippen LogP contribution in [0.25, 0.3) is 0 Å². The fraction of sp³-hybridized carbons (Fsp3) is 0.667. The van der Waals surface area contributed by atoms with Crippen LogP contribution in [-0.2, 0) is 4.79 Å². The topological polar surface area (TPSA) is 69.6 Å². The zero-order chi connectivity index (χ0) is 8.43. The first kappa shape index (κ1) is 7.84. The summed E-state index contributed by atoms with van der Waals surface area (Å²) in [5.41, 5.74) is 0. The molecule has 11 heavy (non-hydrogen) atoms. The number of carboxylic acid groups (broad SMARTS) is 1. The molecule has 2 amide bonds. The summed E-state index contributed by atoms with van der Waals surface area (Å²) in [7, 11) is 1.66. The normalized spacial score (nSPS) is 23.9. The molecule has 0 bridgehead atoms. The van der Waals surface area contributed by atoms with Gasteiger partial charge in [0, 0.05) is 13.6 Å². The van der Waals surface area contributed by atoms with Crippen LogP contribution in [0.2, 0.25) is 0 Å². The molecule has 1 aliphatic heterocycles. The van der Waals surface area contributed by atoms with E-state index in [1.54, 1.807) is 7.05 Å². The molecule has 1 aliphatic rings. The van der Waals surface area contributed by atoms with E-state index in [-0.39, 0.29) is 5.91 Å². The van der Waals surface area contributed by atoms with Gasteiger partial charge in [-0.25, -0.2) is 4.79 Å². The van der Waals surface area contributed by atoms with Crippen LogP contribution in [0.15, 0.2) is 0 Å². The number of nitrogens with zero attached hydrogens (tertiary/aromatic N) is 1. The average Bonchev–Trinajstić information content (AvgIpc) is 2.18. The third-order valence-corrected chi connectivity index (χ3v) is 1.73. The van der Waals surface area contributed by atoms with Gasteiger partial charge in [-0.3, -0.25) is 4.79 Å². The Morgan fingerprint density at radius 1 is 1.82 bits per heavy atom. The van der Waals surface area contributed by atoms with Gasteiger partial charge in [0.05, 0.1) is 0 Å². The molecule has 1 atom stereocenters. The largest absolute Gasteiger partial charge is 0.465 e. The van der Waals surface area contributed by atoms with Crippen molar-refractivity contribution in [1.82, 2.24) is 10.2 Å². The Morgan fingerprint density at radius 2 is 2.45 bits per heavy atom. The summed E-state index contributed by atoms with van der Waals surface area (Å²) in [5.74, 6) is -0.146. The minimum atomic E-state index is -1.14. The molecule has 0 spiro atoms. The van der Waals surface area contributed by atoms with E-state index in [2.05, 4.69) is 5.32 Å². The predicted octanol–water partition coefficient (Wildman–Crippen LogP) is -0.515. The second-order valence-electron chi connectivity index (χ2n) is 2.55. The summed E-state index contributed by atoms with van der Waals surface area (Å²) in [6, 6.07) is -0.530. The Hall–Kier alpha value is -1.26. The van der Waals surface area contributed by atoms with Gasteiger partial charge in [0.2, 0.25) is 5.91 Å². The molecular weight excluding hydrogens is 148 g/mol. The molecule has 1 rings (SSSR count). The number of likely N-dealkylation sites (tertiary alicyclic amines) is 1. The molecule has 0 unspecified atom stereocenters. The predicted molar refractivity (Wildman–Crippen MR) is 37.2 cm³/mol. The van der Waals surface area contributed by atoms with E-state index in [0.717, 1.165) is 0 Å². The number of carbonyl (C=O) groups excluding carboxylic acids is 1. The van der Waals surface area contributed by atoms with Crippen molar-refractivity contribution in [1.29, 1.82) is 0 Å². The van der Waals surface area contributed by atoms with E-state index in [0.29, 0.717) is 13.0 Å². The maximum atomic E-state index is 11.0. The highest BCUT2D eigenvalue weighted by atomic mass is 16.4. The van der Waals surface area contributed by atoms with Gasteiger partial charge in [-0.1, -0.05) is 0 Å². The minimum absolute atomic E-state index is 0.146. The smallest absolute Gasteiger partial charge is 0.405 e. The molecule has 0 aromatic carbocycles. The number of likely N-dealkylation sites (N-methyl/N-ethyl adjacent to an activating group) is 1. The van der Waals surface area contributed by atoms with Crippen LogP contribution in [0.4, 0.5) is 4.79 Å². The van der Waals surface area contributed by atoms with Crippen molar-refractivity contribution in [3.8, 4) is 0 Å². The maximum Gasteiger partial charge on any atom is 0.405 e. The van der Waals surface area contributed by atoms with E-state index in [9.17, 15) is 9.59 Å². The lowest BCUT2D eigenvalue weighted by molar-refractivity contribution is -0.128. The van der Waals surface area contributed by atoms with Crippen LogP contribution in [0, 0.1) is 0 Å². The second kappa shape index (κ2) is 2.77. The van der Waals surface area contributed by atoms with E-state index in [1.165, 1.54) is 4.90 Å². The molecule has 0 aliphatic carbocycles. The first-order chi connectivity index (χ1) is 5.11. The van der Waals surface area contributed by atoms with E-state index in [4.69, 9.17) is 5.11 Å². The Labute approximate surface area is 64.0 Å². The number of amides is 2. The summed E-state index contributed by atoms with van der Waals surface area (Å²) in [6.07, 6.45) is -0.569. The van der Waals surface area contributed by atoms with Crippen molar-refractivity contribution < 1.29 is 14.7 Å². The Bertz CT molecular complexity index is 192. The Balaban J connectivity index is 2.49. The summed E-state index contributed by atoms with van der Waals surface area (Å²) in [4.78, 5) is 22.7. The fourth-order valence-electron chi connectivity index (χ4n) is 1.11. The van der Waals surface area contributed by atoms with Crippen molar-refractivity contribution in [3.05, 3.63) is 0 Å². The third kappa shape index (κ3) is 1.60. The second-order valence-corrected chi connectivity index (χ2v) is 2.55. The molecule has 1 heterocycles. The fourth-order valence-corrected chi connectivity index (χ4v) is 1.11. The van der Waals surface area contributed by atoms with Gasteiger partial charge in [0.1, 0.15) is 6.04 Å². The van der Waals surface area contributed by atoms with E-state index in [1.807, 2.05) is 0 Å². The molecule has 2 N–H and O–H groups in total. The number of rotatable bonds is 1. The van der Waals surface area contributed by atoms with Crippen LogP contribution in [0.1, 0.15) is 6.42 Å². The number of hydrogen-bond donors (Lipinski definition) is 2. The van der Waals surface area contributed by atoms with Gasteiger partial charge in [-0.2, -0.15) is 0 Å². The van der Waals surface area contributed by atoms with E-state index >= 15 is 0 Å². The summed E-state index contributed by atoms with van der Waals surface area (Å²) in [5, 5.41) is 10.4. The highest BCUT2D eigenvalue weighted by Crippen LogP contribution is 2.07. The van der Waals surface area contributed by atoms with Crippen molar-refractivity contribution in [2.24, 2.45) is 0 Å². The van der Waals surface area contributed by atoms with Crippen LogP contribution >= 0.6 is 0 Å². The van der Waals surface area contributed by atoms with Gasteiger partial charge in [-0.15, -0.1) is 0 Å².